The molecule has 0 aliphatic rings. The number of nitrogens with zero attached hydrogens (tertiary/aromatic N) is 2. The van der Waals surface area contributed by atoms with E-state index in [9.17, 15) is 13.2 Å². The van der Waals surface area contributed by atoms with Gasteiger partial charge in [-0.25, -0.2) is 22.9 Å². The van der Waals surface area contributed by atoms with Crippen LogP contribution in [-0.2, 0) is 21.3 Å². The van der Waals surface area contributed by atoms with Gasteiger partial charge in [-0.2, -0.15) is 0 Å². The van der Waals surface area contributed by atoms with Crippen molar-refractivity contribution in [1.82, 2.24) is 14.3 Å². The SMILES string of the molecule is CCCCOC(=O)NS(=O)(=O)c1ccc(OC(C)C)cc1-c1ccc(Cn2ccnc2)cc1. The van der Waals surface area contributed by atoms with Crippen molar-refractivity contribution in [2.75, 3.05) is 6.61 Å². The zero-order valence-electron chi connectivity index (χ0n) is 19.0. The van der Waals surface area contributed by atoms with E-state index in [0.717, 1.165) is 12.0 Å². The second-order valence-corrected chi connectivity index (χ2v) is 9.50. The Balaban J connectivity index is 1.92. The Hall–Kier alpha value is -3.33. The molecule has 1 heterocycles. The summed E-state index contributed by atoms with van der Waals surface area (Å²) in [6.45, 7) is 6.54. The average Bonchev–Trinajstić information content (AvgIpc) is 3.26. The predicted octanol–water partition coefficient (Wildman–Crippen LogP) is 4.60. The highest BCUT2D eigenvalue weighted by Crippen LogP contribution is 2.32. The van der Waals surface area contributed by atoms with E-state index in [1.807, 2.05) is 60.5 Å². The lowest BCUT2D eigenvalue weighted by Gasteiger charge is -2.16. The van der Waals surface area contributed by atoms with E-state index in [1.165, 1.54) is 6.07 Å². The highest BCUT2D eigenvalue weighted by molar-refractivity contribution is 7.90. The first-order valence-electron chi connectivity index (χ1n) is 10.8. The van der Waals surface area contributed by atoms with Crippen molar-refractivity contribution in [2.24, 2.45) is 0 Å². The number of ether oxygens (including phenoxy) is 2. The maximum Gasteiger partial charge on any atom is 0.421 e. The van der Waals surface area contributed by atoms with Gasteiger partial charge in [0.2, 0.25) is 0 Å². The summed E-state index contributed by atoms with van der Waals surface area (Å²) in [5, 5.41) is 0. The molecule has 33 heavy (non-hydrogen) atoms. The first-order chi connectivity index (χ1) is 15.8. The van der Waals surface area contributed by atoms with Gasteiger partial charge in [-0.05, 0) is 49.6 Å². The van der Waals surface area contributed by atoms with Gasteiger partial charge in [0, 0.05) is 24.5 Å². The lowest BCUT2D eigenvalue weighted by Crippen LogP contribution is -2.31. The van der Waals surface area contributed by atoms with Crippen LogP contribution in [0.25, 0.3) is 11.1 Å². The number of nitrogens with one attached hydrogen (secondary N) is 1. The molecule has 3 aromatic rings. The standard InChI is InChI=1S/C24H29N3O5S/c1-4-5-14-31-24(28)26-33(29,30)23-11-10-21(32-18(2)3)15-22(23)20-8-6-19(7-9-20)16-27-13-12-25-17-27/h6-13,15,17-18H,4-5,14,16H2,1-3H3,(H,26,28). The lowest BCUT2D eigenvalue weighted by molar-refractivity contribution is 0.151. The van der Waals surface area contributed by atoms with Gasteiger partial charge < -0.3 is 14.0 Å². The molecular weight excluding hydrogens is 442 g/mol. The van der Waals surface area contributed by atoms with Crippen molar-refractivity contribution in [3.63, 3.8) is 0 Å². The third-order valence-electron chi connectivity index (χ3n) is 4.75. The van der Waals surface area contributed by atoms with E-state index in [1.54, 1.807) is 24.7 Å². The van der Waals surface area contributed by atoms with Gasteiger partial charge in [0.1, 0.15) is 5.75 Å². The first-order valence-corrected chi connectivity index (χ1v) is 12.3. The maximum absolute atomic E-state index is 13.0. The van der Waals surface area contributed by atoms with Gasteiger partial charge in [0.05, 0.1) is 23.9 Å². The van der Waals surface area contributed by atoms with Crippen LogP contribution in [0.3, 0.4) is 0 Å². The number of benzene rings is 2. The minimum absolute atomic E-state index is 0.0339. The maximum atomic E-state index is 13.0. The van der Waals surface area contributed by atoms with Gasteiger partial charge in [-0.15, -0.1) is 0 Å². The number of carbonyl (C=O) groups excluding carboxylic acids is 1. The van der Waals surface area contributed by atoms with Crippen molar-refractivity contribution in [3.8, 4) is 16.9 Å². The predicted molar refractivity (Wildman–Crippen MR) is 126 cm³/mol. The largest absolute Gasteiger partial charge is 0.491 e. The van der Waals surface area contributed by atoms with Gasteiger partial charge in [-0.3, -0.25) is 0 Å². The molecule has 1 N–H and O–H groups in total. The summed E-state index contributed by atoms with van der Waals surface area (Å²) in [4.78, 5) is 16.0. The molecule has 0 aliphatic heterocycles. The molecule has 0 unspecified atom stereocenters. The number of imidazole rings is 1. The van der Waals surface area contributed by atoms with E-state index in [2.05, 4.69) is 4.98 Å². The highest BCUT2D eigenvalue weighted by atomic mass is 32.2. The van der Waals surface area contributed by atoms with E-state index in [0.29, 0.717) is 29.8 Å². The molecule has 8 nitrogen and oxygen atoms in total. The van der Waals surface area contributed by atoms with Gasteiger partial charge in [0.15, 0.2) is 0 Å². The number of sulfonamides is 1. The molecule has 0 radical (unpaired) electrons. The molecule has 176 valence electrons. The summed E-state index contributed by atoms with van der Waals surface area (Å²) in [7, 11) is -4.16. The Bertz CT molecular complexity index is 1160. The number of hydrogen-bond donors (Lipinski definition) is 1. The van der Waals surface area contributed by atoms with Crippen molar-refractivity contribution in [2.45, 2.75) is 51.2 Å². The zero-order chi connectivity index (χ0) is 23.8. The van der Waals surface area contributed by atoms with E-state index >= 15 is 0 Å². The number of hydrogen-bond acceptors (Lipinski definition) is 6. The van der Waals surface area contributed by atoms with E-state index in [-0.39, 0.29) is 17.6 Å². The van der Waals surface area contributed by atoms with E-state index < -0.39 is 16.1 Å². The molecule has 3 rings (SSSR count). The van der Waals surface area contributed by atoms with Crippen LogP contribution >= 0.6 is 0 Å². The van der Waals surface area contributed by atoms with Crippen molar-refractivity contribution in [1.29, 1.82) is 0 Å². The van der Waals surface area contributed by atoms with Crippen molar-refractivity contribution in [3.05, 3.63) is 66.7 Å². The number of carbonyl (C=O) groups is 1. The summed E-state index contributed by atoms with van der Waals surface area (Å²) in [5.41, 5.74) is 2.14. The Morgan fingerprint density at radius 2 is 1.91 bits per heavy atom. The minimum atomic E-state index is -4.16. The second kappa shape index (κ2) is 11.0. The van der Waals surface area contributed by atoms with Crippen LogP contribution in [0.4, 0.5) is 4.79 Å². The van der Waals surface area contributed by atoms with Crippen LogP contribution in [0, 0.1) is 0 Å². The molecule has 9 heteroatoms. The average molecular weight is 472 g/mol. The van der Waals surface area contributed by atoms with Crippen LogP contribution in [0.15, 0.2) is 66.1 Å². The number of aromatic nitrogens is 2. The number of unbranched alkanes of at least 4 members (excludes halogenated alkanes) is 1. The number of rotatable bonds is 10. The van der Waals surface area contributed by atoms with Gasteiger partial charge in [-0.1, -0.05) is 37.6 Å². The normalized spacial score (nSPS) is 11.4. The molecule has 1 amide bonds. The number of amides is 1. The Morgan fingerprint density at radius 3 is 2.55 bits per heavy atom. The summed E-state index contributed by atoms with van der Waals surface area (Å²) in [6.07, 6.45) is 5.74. The minimum Gasteiger partial charge on any atom is -0.491 e. The fraction of sp³-hybridized carbons (Fsp3) is 0.333. The molecule has 0 spiro atoms. The second-order valence-electron chi connectivity index (χ2n) is 7.85. The van der Waals surface area contributed by atoms with Gasteiger partial charge in [0.25, 0.3) is 10.0 Å². The van der Waals surface area contributed by atoms with Crippen LogP contribution in [0.5, 0.6) is 5.75 Å². The summed E-state index contributed by atoms with van der Waals surface area (Å²) in [6, 6.07) is 12.2. The molecule has 0 aliphatic carbocycles. The zero-order valence-corrected chi connectivity index (χ0v) is 19.8. The third kappa shape index (κ3) is 6.82. The first kappa shape index (κ1) is 24.3. The van der Waals surface area contributed by atoms with E-state index in [4.69, 9.17) is 9.47 Å². The third-order valence-corrected chi connectivity index (χ3v) is 6.12. The summed E-state index contributed by atoms with van der Waals surface area (Å²) >= 11 is 0. The summed E-state index contributed by atoms with van der Waals surface area (Å²) in [5.74, 6) is 0.534. The monoisotopic (exact) mass is 471 g/mol. The molecular formula is C24H29N3O5S. The molecule has 0 saturated heterocycles. The Kier molecular flexibility index (Phi) is 8.11. The fourth-order valence-electron chi connectivity index (χ4n) is 3.20. The highest BCUT2D eigenvalue weighted by Gasteiger charge is 2.23. The molecule has 1 aromatic heterocycles. The van der Waals surface area contributed by atoms with Crippen molar-refractivity contribution >= 4 is 16.1 Å². The molecule has 0 saturated carbocycles. The lowest BCUT2D eigenvalue weighted by atomic mass is 10.0. The molecule has 0 bridgehead atoms. The van der Waals surface area contributed by atoms with Crippen LogP contribution < -0.4 is 9.46 Å². The molecule has 0 fully saturated rings. The quantitative estimate of drug-likeness (QED) is 0.434. The van der Waals surface area contributed by atoms with Crippen LogP contribution in [0.1, 0.15) is 39.2 Å². The Morgan fingerprint density at radius 1 is 1.15 bits per heavy atom. The smallest absolute Gasteiger partial charge is 0.421 e. The summed E-state index contributed by atoms with van der Waals surface area (Å²) < 4.78 is 40.7. The van der Waals surface area contributed by atoms with Crippen molar-refractivity contribution < 1.29 is 22.7 Å². The van der Waals surface area contributed by atoms with Crippen LogP contribution in [0.2, 0.25) is 0 Å². The van der Waals surface area contributed by atoms with Crippen LogP contribution in [-0.4, -0.2) is 36.8 Å². The fourth-order valence-corrected chi connectivity index (χ4v) is 4.30. The Labute approximate surface area is 194 Å². The topological polar surface area (TPSA) is 99.5 Å². The van der Waals surface area contributed by atoms with Gasteiger partial charge >= 0.3 is 6.09 Å². The molecule has 0 atom stereocenters. The molecule has 2 aromatic carbocycles.